The van der Waals surface area contributed by atoms with Crippen molar-refractivity contribution >= 4 is 42.4 Å². The zero-order chi connectivity index (χ0) is 13.2. The van der Waals surface area contributed by atoms with E-state index in [0.717, 1.165) is 0 Å². The van der Waals surface area contributed by atoms with Gasteiger partial charge in [0, 0.05) is 16.0 Å². The summed E-state index contributed by atoms with van der Waals surface area (Å²) in [6, 6.07) is 6.25. The zero-order valence-electron chi connectivity index (χ0n) is 8.79. The molecule has 0 fully saturated rings. The fourth-order valence-corrected chi connectivity index (χ4v) is 3.56. The second-order valence-electron chi connectivity index (χ2n) is 3.20. The average molecular weight is 344 g/mol. The summed E-state index contributed by atoms with van der Waals surface area (Å²) in [5, 5.41) is 10.9. The van der Waals surface area contributed by atoms with Crippen LogP contribution in [0.1, 0.15) is 5.56 Å². The highest BCUT2D eigenvalue weighted by Gasteiger charge is 2.19. The highest BCUT2D eigenvalue weighted by Crippen LogP contribution is 2.23. The standard InChI is InChI=1S/C10H6BrN3O2S2/c11-8-1-2-9(7(5-8)6-12)18(15,16)14-10-13-3-4-17-10/h1-5H,(H,13,14). The van der Waals surface area contributed by atoms with E-state index in [0.29, 0.717) is 4.47 Å². The van der Waals surface area contributed by atoms with Crippen LogP contribution < -0.4 is 4.72 Å². The number of anilines is 1. The van der Waals surface area contributed by atoms with Crippen molar-refractivity contribution in [1.82, 2.24) is 4.98 Å². The van der Waals surface area contributed by atoms with Crippen molar-refractivity contribution in [2.75, 3.05) is 4.72 Å². The molecule has 0 aliphatic carbocycles. The monoisotopic (exact) mass is 343 g/mol. The summed E-state index contributed by atoms with van der Waals surface area (Å²) in [6.07, 6.45) is 1.50. The molecule has 2 rings (SSSR count). The Morgan fingerprint density at radius 2 is 2.22 bits per heavy atom. The van der Waals surface area contributed by atoms with Gasteiger partial charge in [0.05, 0.1) is 5.56 Å². The topological polar surface area (TPSA) is 82.8 Å². The molecule has 0 unspecified atom stereocenters. The Morgan fingerprint density at radius 1 is 1.44 bits per heavy atom. The number of aromatic nitrogens is 1. The van der Waals surface area contributed by atoms with E-state index in [1.807, 2.05) is 6.07 Å². The average Bonchev–Trinajstić information content (AvgIpc) is 2.80. The number of sulfonamides is 1. The van der Waals surface area contributed by atoms with Crippen molar-refractivity contribution in [3.63, 3.8) is 0 Å². The smallest absolute Gasteiger partial charge is 0.255 e. The van der Waals surface area contributed by atoms with Gasteiger partial charge in [-0.1, -0.05) is 15.9 Å². The number of rotatable bonds is 3. The lowest BCUT2D eigenvalue weighted by molar-refractivity contribution is 0.601. The Hall–Kier alpha value is -1.43. The van der Waals surface area contributed by atoms with Crippen LogP contribution in [0.15, 0.2) is 39.1 Å². The molecule has 5 nitrogen and oxygen atoms in total. The maximum atomic E-state index is 12.1. The summed E-state index contributed by atoms with van der Waals surface area (Å²) < 4.78 is 27.1. The number of benzene rings is 1. The minimum absolute atomic E-state index is 0.0663. The first kappa shape index (κ1) is 13.0. The molecule has 0 spiro atoms. The van der Waals surface area contributed by atoms with Crippen molar-refractivity contribution in [3.8, 4) is 6.07 Å². The van der Waals surface area contributed by atoms with Gasteiger partial charge < -0.3 is 0 Å². The number of nitrogens with one attached hydrogen (secondary N) is 1. The molecule has 8 heteroatoms. The third kappa shape index (κ3) is 2.69. The molecule has 1 N–H and O–H groups in total. The Morgan fingerprint density at radius 3 is 2.83 bits per heavy atom. The minimum Gasteiger partial charge on any atom is -0.255 e. The fourth-order valence-electron chi connectivity index (χ4n) is 1.27. The van der Waals surface area contributed by atoms with Crippen LogP contribution in [-0.4, -0.2) is 13.4 Å². The maximum absolute atomic E-state index is 12.1. The van der Waals surface area contributed by atoms with Crippen LogP contribution >= 0.6 is 27.3 Å². The van der Waals surface area contributed by atoms with Gasteiger partial charge in [0.15, 0.2) is 5.13 Å². The molecule has 1 aromatic heterocycles. The Bertz CT molecular complexity index is 705. The van der Waals surface area contributed by atoms with Gasteiger partial charge in [-0.15, -0.1) is 11.3 Å². The molecule has 0 atom stereocenters. The van der Waals surface area contributed by atoms with E-state index in [-0.39, 0.29) is 15.6 Å². The van der Waals surface area contributed by atoms with Gasteiger partial charge in [-0.3, -0.25) is 4.72 Å². The van der Waals surface area contributed by atoms with E-state index in [4.69, 9.17) is 5.26 Å². The highest BCUT2D eigenvalue weighted by molar-refractivity contribution is 9.10. The molecular weight excluding hydrogens is 338 g/mol. The Labute approximate surface area is 116 Å². The van der Waals surface area contributed by atoms with E-state index in [9.17, 15) is 8.42 Å². The molecule has 18 heavy (non-hydrogen) atoms. The molecule has 1 aromatic carbocycles. The number of thiazole rings is 1. The fraction of sp³-hybridized carbons (Fsp3) is 0. The summed E-state index contributed by atoms with van der Waals surface area (Å²) in [7, 11) is -3.79. The third-order valence-corrected chi connectivity index (χ3v) is 4.71. The molecule has 0 saturated carbocycles. The van der Waals surface area contributed by atoms with Crippen LogP contribution in [-0.2, 0) is 10.0 Å². The lowest BCUT2D eigenvalue weighted by atomic mass is 10.2. The molecule has 2 aromatic rings. The van der Waals surface area contributed by atoms with Crippen molar-refractivity contribution < 1.29 is 8.42 Å². The molecule has 0 aliphatic heterocycles. The van der Waals surface area contributed by atoms with Crippen molar-refractivity contribution in [3.05, 3.63) is 39.8 Å². The molecule has 0 saturated heterocycles. The first-order valence-electron chi connectivity index (χ1n) is 4.65. The van der Waals surface area contributed by atoms with E-state index in [1.165, 1.54) is 29.7 Å². The SMILES string of the molecule is N#Cc1cc(Br)ccc1S(=O)(=O)Nc1nccs1. The highest BCUT2D eigenvalue weighted by atomic mass is 79.9. The largest absolute Gasteiger partial charge is 0.264 e. The van der Waals surface area contributed by atoms with Crippen LogP contribution in [0, 0.1) is 11.3 Å². The molecule has 0 bridgehead atoms. The molecule has 92 valence electrons. The van der Waals surface area contributed by atoms with Crippen LogP contribution in [0.5, 0.6) is 0 Å². The van der Waals surface area contributed by atoms with Crippen LogP contribution in [0.3, 0.4) is 0 Å². The van der Waals surface area contributed by atoms with Crippen LogP contribution in [0.25, 0.3) is 0 Å². The molecule has 0 radical (unpaired) electrons. The van der Waals surface area contributed by atoms with Crippen molar-refractivity contribution in [2.24, 2.45) is 0 Å². The van der Waals surface area contributed by atoms with E-state index < -0.39 is 10.0 Å². The second kappa shape index (κ2) is 5.06. The quantitative estimate of drug-likeness (QED) is 0.928. The van der Waals surface area contributed by atoms with Crippen LogP contribution in [0.4, 0.5) is 5.13 Å². The normalized spacial score (nSPS) is 10.9. The number of nitriles is 1. The van der Waals surface area contributed by atoms with Gasteiger partial charge in [0.1, 0.15) is 11.0 Å². The minimum atomic E-state index is -3.79. The molecule has 0 aliphatic rings. The molecule has 0 amide bonds. The molecular formula is C10H6BrN3O2S2. The lowest BCUT2D eigenvalue weighted by Gasteiger charge is -2.06. The van der Waals surface area contributed by atoms with E-state index >= 15 is 0 Å². The summed E-state index contributed by atoms with van der Waals surface area (Å²) in [4.78, 5) is 3.77. The number of hydrogen-bond acceptors (Lipinski definition) is 5. The Kier molecular flexibility index (Phi) is 3.65. The van der Waals surface area contributed by atoms with Crippen molar-refractivity contribution in [2.45, 2.75) is 4.90 Å². The van der Waals surface area contributed by atoms with Crippen LogP contribution in [0.2, 0.25) is 0 Å². The van der Waals surface area contributed by atoms with E-state index in [2.05, 4.69) is 25.6 Å². The first-order valence-corrected chi connectivity index (χ1v) is 7.80. The lowest BCUT2D eigenvalue weighted by Crippen LogP contribution is -2.14. The predicted octanol–water partition coefficient (Wildman–Crippen LogP) is 2.58. The maximum Gasteiger partial charge on any atom is 0.264 e. The summed E-state index contributed by atoms with van der Waals surface area (Å²) in [5.74, 6) is 0. The second-order valence-corrected chi connectivity index (χ2v) is 6.66. The summed E-state index contributed by atoms with van der Waals surface area (Å²) in [6.45, 7) is 0. The van der Waals surface area contributed by atoms with Gasteiger partial charge in [-0.2, -0.15) is 5.26 Å². The number of nitrogens with zero attached hydrogens (tertiary/aromatic N) is 2. The summed E-state index contributed by atoms with van der Waals surface area (Å²) >= 11 is 4.36. The third-order valence-electron chi connectivity index (χ3n) is 2.01. The first-order chi connectivity index (χ1) is 8.53. The summed E-state index contributed by atoms with van der Waals surface area (Å²) in [5.41, 5.74) is 0.0773. The number of hydrogen-bond donors (Lipinski definition) is 1. The number of halogens is 1. The van der Waals surface area contributed by atoms with Gasteiger partial charge in [0.25, 0.3) is 10.0 Å². The van der Waals surface area contributed by atoms with Gasteiger partial charge in [0.2, 0.25) is 0 Å². The van der Waals surface area contributed by atoms with Gasteiger partial charge in [-0.25, -0.2) is 13.4 Å². The van der Waals surface area contributed by atoms with Crippen molar-refractivity contribution in [1.29, 1.82) is 5.26 Å². The van der Waals surface area contributed by atoms with E-state index in [1.54, 1.807) is 11.4 Å². The van der Waals surface area contributed by atoms with Gasteiger partial charge >= 0.3 is 0 Å². The molecule has 1 heterocycles. The van der Waals surface area contributed by atoms with Gasteiger partial charge in [-0.05, 0) is 18.2 Å². The predicted molar refractivity (Wildman–Crippen MR) is 71.8 cm³/mol. The zero-order valence-corrected chi connectivity index (χ0v) is 12.0. The Balaban J connectivity index is 2.45.